The highest BCUT2D eigenvalue weighted by Crippen LogP contribution is 2.36. The number of ether oxygens (including phenoxy) is 1. The maximum atomic E-state index is 12.0. The number of anilines is 1. The first-order valence-corrected chi connectivity index (χ1v) is 6.94. The van der Waals surface area contributed by atoms with Crippen molar-refractivity contribution in [2.45, 2.75) is 19.3 Å². The number of methoxy groups -OCH3 is 1. The number of benzene rings is 1. The van der Waals surface area contributed by atoms with E-state index >= 15 is 0 Å². The molecule has 1 atom stereocenters. The van der Waals surface area contributed by atoms with E-state index in [-0.39, 0.29) is 24.8 Å². The molecule has 1 unspecified atom stereocenters. The van der Waals surface area contributed by atoms with Gasteiger partial charge in [0.1, 0.15) is 0 Å². The zero-order chi connectivity index (χ0) is 16.1. The molecule has 2 amide bonds. The molecule has 0 saturated carbocycles. The average molecular weight is 302 g/mol. The first-order chi connectivity index (χ1) is 10.5. The molecule has 1 aromatic carbocycles. The second-order valence-corrected chi connectivity index (χ2v) is 5.01. The molecule has 2 rings (SSSR count). The summed E-state index contributed by atoms with van der Waals surface area (Å²) in [6.07, 6.45) is 2.81. The number of rotatable bonds is 5. The monoisotopic (exact) mass is 302 g/mol. The van der Waals surface area contributed by atoms with Crippen molar-refractivity contribution in [1.82, 2.24) is 5.32 Å². The Bertz CT molecular complexity index is 637. The summed E-state index contributed by atoms with van der Waals surface area (Å²) >= 11 is 0. The number of esters is 1. The van der Waals surface area contributed by atoms with Gasteiger partial charge in [0.15, 0.2) is 0 Å². The van der Waals surface area contributed by atoms with E-state index in [9.17, 15) is 14.4 Å². The molecule has 6 nitrogen and oxygen atoms in total. The van der Waals surface area contributed by atoms with Gasteiger partial charge in [0, 0.05) is 24.7 Å². The van der Waals surface area contributed by atoms with Gasteiger partial charge in [0.05, 0.1) is 13.0 Å². The third-order valence-corrected chi connectivity index (χ3v) is 3.51. The van der Waals surface area contributed by atoms with Gasteiger partial charge < -0.3 is 15.4 Å². The maximum absolute atomic E-state index is 12.0. The predicted molar refractivity (Wildman–Crippen MR) is 81.3 cm³/mol. The first kappa shape index (κ1) is 15.8. The summed E-state index contributed by atoms with van der Waals surface area (Å²) in [6, 6.07) is 5.65. The summed E-state index contributed by atoms with van der Waals surface area (Å²) in [4.78, 5) is 34.8. The van der Waals surface area contributed by atoms with Crippen LogP contribution in [0.3, 0.4) is 0 Å². The van der Waals surface area contributed by atoms with Crippen LogP contribution in [0.1, 0.15) is 23.5 Å². The molecule has 0 radical (unpaired) electrons. The number of nitrogens with one attached hydrogen (secondary N) is 2. The number of carbonyl (C=O) groups is 3. The fourth-order valence-corrected chi connectivity index (χ4v) is 2.36. The highest BCUT2D eigenvalue weighted by Gasteiger charge is 2.32. The van der Waals surface area contributed by atoms with E-state index in [0.29, 0.717) is 0 Å². The van der Waals surface area contributed by atoms with Crippen molar-refractivity contribution in [3.63, 3.8) is 0 Å². The molecule has 1 heterocycles. The number of para-hydroxylation sites is 1. The number of amides is 2. The SMILES string of the molecule is COC(=O)/C=C/CNC(=O)CC1C(=O)Nc2c(C)cccc21. The number of hydrogen-bond donors (Lipinski definition) is 2. The van der Waals surface area contributed by atoms with Crippen LogP contribution >= 0.6 is 0 Å². The van der Waals surface area contributed by atoms with Crippen LogP contribution < -0.4 is 10.6 Å². The van der Waals surface area contributed by atoms with Gasteiger partial charge in [-0.15, -0.1) is 0 Å². The lowest BCUT2D eigenvalue weighted by molar-refractivity contribution is -0.134. The van der Waals surface area contributed by atoms with Crippen molar-refractivity contribution in [2.75, 3.05) is 19.0 Å². The lowest BCUT2D eigenvalue weighted by atomic mass is 9.95. The fraction of sp³-hybridized carbons (Fsp3) is 0.312. The fourth-order valence-electron chi connectivity index (χ4n) is 2.36. The Labute approximate surface area is 128 Å². The summed E-state index contributed by atoms with van der Waals surface area (Å²) in [5.41, 5.74) is 2.64. The third-order valence-electron chi connectivity index (χ3n) is 3.51. The molecule has 0 spiro atoms. The lowest BCUT2D eigenvalue weighted by Crippen LogP contribution is -2.27. The molecule has 1 aliphatic rings. The van der Waals surface area contributed by atoms with Gasteiger partial charge >= 0.3 is 5.97 Å². The summed E-state index contributed by atoms with van der Waals surface area (Å²) in [5, 5.41) is 5.46. The molecular weight excluding hydrogens is 284 g/mol. The molecule has 0 saturated heterocycles. The van der Waals surface area contributed by atoms with Crippen molar-refractivity contribution < 1.29 is 19.1 Å². The minimum Gasteiger partial charge on any atom is -0.466 e. The van der Waals surface area contributed by atoms with Gasteiger partial charge in [-0.3, -0.25) is 9.59 Å². The smallest absolute Gasteiger partial charge is 0.330 e. The zero-order valence-corrected chi connectivity index (χ0v) is 12.5. The summed E-state index contributed by atoms with van der Waals surface area (Å²) in [7, 11) is 1.28. The topological polar surface area (TPSA) is 84.5 Å². The van der Waals surface area contributed by atoms with Crippen LogP contribution in [0.2, 0.25) is 0 Å². The Hall–Kier alpha value is -2.63. The molecule has 1 aliphatic heterocycles. The van der Waals surface area contributed by atoms with Gasteiger partial charge in [-0.25, -0.2) is 4.79 Å². The zero-order valence-electron chi connectivity index (χ0n) is 12.5. The third kappa shape index (κ3) is 3.52. The molecule has 0 aliphatic carbocycles. The number of aryl methyl sites for hydroxylation is 1. The number of carbonyl (C=O) groups excluding carboxylic acids is 3. The molecule has 1 aromatic rings. The first-order valence-electron chi connectivity index (χ1n) is 6.94. The minimum atomic E-state index is -0.478. The summed E-state index contributed by atoms with van der Waals surface area (Å²) < 4.78 is 4.44. The van der Waals surface area contributed by atoms with E-state index in [0.717, 1.165) is 16.8 Å². The Balaban J connectivity index is 1.93. The molecule has 116 valence electrons. The Morgan fingerprint density at radius 1 is 1.41 bits per heavy atom. The van der Waals surface area contributed by atoms with Gasteiger partial charge in [0.2, 0.25) is 11.8 Å². The van der Waals surface area contributed by atoms with Crippen LogP contribution in [-0.4, -0.2) is 31.4 Å². The Morgan fingerprint density at radius 3 is 2.91 bits per heavy atom. The largest absolute Gasteiger partial charge is 0.466 e. The Morgan fingerprint density at radius 2 is 2.18 bits per heavy atom. The van der Waals surface area contributed by atoms with Crippen LogP contribution in [0.5, 0.6) is 0 Å². The molecule has 6 heteroatoms. The van der Waals surface area contributed by atoms with Crippen molar-refractivity contribution in [2.24, 2.45) is 0 Å². The average Bonchev–Trinajstić information content (AvgIpc) is 2.81. The van der Waals surface area contributed by atoms with E-state index < -0.39 is 11.9 Å². The van der Waals surface area contributed by atoms with Gasteiger partial charge in [-0.2, -0.15) is 0 Å². The van der Waals surface area contributed by atoms with Gasteiger partial charge in [-0.1, -0.05) is 24.3 Å². The number of hydrogen-bond acceptors (Lipinski definition) is 4. The van der Waals surface area contributed by atoms with Crippen LogP contribution in [0.25, 0.3) is 0 Å². The quantitative estimate of drug-likeness (QED) is 0.633. The second-order valence-electron chi connectivity index (χ2n) is 5.01. The van der Waals surface area contributed by atoms with Gasteiger partial charge in [0.25, 0.3) is 0 Å². The molecule has 0 aromatic heterocycles. The normalized spacial score (nSPS) is 16.3. The van der Waals surface area contributed by atoms with E-state index in [2.05, 4.69) is 15.4 Å². The molecule has 0 bridgehead atoms. The van der Waals surface area contributed by atoms with E-state index in [1.54, 1.807) is 0 Å². The molecule has 22 heavy (non-hydrogen) atoms. The van der Waals surface area contributed by atoms with Crippen molar-refractivity contribution >= 4 is 23.5 Å². The van der Waals surface area contributed by atoms with Crippen molar-refractivity contribution in [1.29, 1.82) is 0 Å². The van der Waals surface area contributed by atoms with Crippen molar-refractivity contribution in [3.05, 3.63) is 41.5 Å². The summed E-state index contributed by atoms with van der Waals surface area (Å²) in [6.45, 7) is 2.13. The molecule has 2 N–H and O–H groups in total. The van der Waals surface area contributed by atoms with Crippen LogP contribution in [-0.2, 0) is 19.1 Å². The van der Waals surface area contributed by atoms with Crippen LogP contribution in [0.15, 0.2) is 30.4 Å². The van der Waals surface area contributed by atoms with Crippen molar-refractivity contribution in [3.8, 4) is 0 Å². The lowest BCUT2D eigenvalue weighted by Gasteiger charge is -2.09. The van der Waals surface area contributed by atoms with E-state index in [1.165, 1.54) is 19.3 Å². The highest BCUT2D eigenvalue weighted by molar-refractivity contribution is 6.05. The van der Waals surface area contributed by atoms with E-state index in [4.69, 9.17) is 0 Å². The highest BCUT2D eigenvalue weighted by atomic mass is 16.5. The second kappa shape index (κ2) is 6.89. The molecular formula is C16H18N2O4. The maximum Gasteiger partial charge on any atom is 0.330 e. The standard InChI is InChI=1S/C16H18N2O4/c1-10-5-3-6-11-12(16(21)18-15(10)11)9-13(19)17-8-4-7-14(20)22-2/h3-7,12H,8-9H2,1-2H3,(H,17,19)(H,18,21)/b7-4+. The van der Waals surface area contributed by atoms with Crippen LogP contribution in [0.4, 0.5) is 5.69 Å². The number of fused-ring (bicyclic) bond motifs is 1. The predicted octanol–water partition coefficient (Wildman–Crippen LogP) is 1.27. The minimum absolute atomic E-state index is 0.0777. The van der Waals surface area contributed by atoms with E-state index in [1.807, 2.05) is 25.1 Å². The summed E-state index contributed by atoms with van der Waals surface area (Å²) in [5.74, 6) is -1.36. The van der Waals surface area contributed by atoms with Crippen LogP contribution in [0, 0.1) is 6.92 Å². The Kier molecular flexibility index (Phi) is 4.93. The van der Waals surface area contributed by atoms with Gasteiger partial charge in [-0.05, 0) is 18.1 Å². The molecule has 0 fully saturated rings.